The van der Waals surface area contributed by atoms with Crippen molar-refractivity contribution < 1.29 is 14.2 Å². The second kappa shape index (κ2) is 6.90. The van der Waals surface area contributed by atoms with Crippen LogP contribution in [-0.2, 0) is 11.2 Å². The molecule has 7 heteroatoms. The third kappa shape index (κ3) is 3.25. The van der Waals surface area contributed by atoms with E-state index in [2.05, 4.69) is 15.6 Å². The van der Waals surface area contributed by atoms with Crippen molar-refractivity contribution in [2.75, 3.05) is 36.2 Å². The highest BCUT2D eigenvalue weighted by molar-refractivity contribution is 8.14. The van der Waals surface area contributed by atoms with Crippen LogP contribution in [-0.4, -0.2) is 53.8 Å². The van der Waals surface area contributed by atoms with Gasteiger partial charge in [0.15, 0.2) is 0 Å². The summed E-state index contributed by atoms with van der Waals surface area (Å²) in [6.07, 6.45) is 2.62. The van der Waals surface area contributed by atoms with Gasteiger partial charge in [-0.1, -0.05) is 0 Å². The molecule has 0 amide bonds. The summed E-state index contributed by atoms with van der Waals surface area (Å²) >= 11 is 1.69. The van der Waals surface area contributed by atoms with E-state index in [4.69, 9.17) is 4.74 Å². The number of ether oxygens (including phenoxy) is 1. The Kier molecular flexibility index (Phi) is 4.65. The molecule has 0 bridgehead atoms. The predicted molar refractivity (Wildman–Crippen MR) is 95.7 cm³/mol. The minimum atomic E-state index is -0.208. The zero-order valence-electron chi connectivity index (χ0n) is 13.4. The second-order valence-electron chi connectivity index (χ2n) is 6.53. The third-order valence-corrected chi connectivity index (χ3v) is 5.99. The largest absolute Gasteiger partial charge is 0.394 e. The van der Waals surface area contributed by atoms with Gasteiger partial charge >= 0.3 is 0 Å². The van der Waals surface area contributed by atoms with Crippen LogP contribution in [0.4, 0.5) is 15.8 Å². The number of hydrogen-bond acceptors (Lipinski definition) is 6. The molecular weight excluding hydrogens is 329 g/mol. The lowest BCUT2D eigenvalue weighted by molar-refractivity contribution is 0.0904. The molecule has 1 aromatic rings. The number of hydrogen-bond donors (Lipinski definition) is 3. The molecule has 2 atom stereocenters. The summed E-state index contributed by atoms with van der Waals surface area (Å²) in [4.78, 5) is 4.58. The Bertz CT molecular complexity index is 649. The predicted octanol–water partition coefficient (Wildman–Crippen LogP) is 2.26. The van der Waals surface area contributed by atoms with E-state index in [-0.39, 0.29) is 24.5 Å². The summed E-state index contributed by atoms with van der Waals surface area (Å²) in [5, 5.41) is 17.3. The van der Waals surface area contributed by atoms with Gasteiger partial charge in [0, 0.05) is 31.4 Å². The fourth-order valence-corrected chi connectivity index (χ4v) is 4.59. The average molecular weight is 351 g/mol. The molecule has 1 unspecified atom stereocenters. The average Bonchev–Trinajstić information content (AvgIpc) is 3.22. The molecule has 5 nitrogen and oxygen atoms in total. The first-order valence-electron chi connectivity index (χ1n) is 8.47. The van der Waals surface area contributed by atoms with Gasteiger partial charge in [0.2, 0.25) is 0 Å². The summed E-state index contributed by atoms with van der Waals surface area (Å²) in [5.74, 6) is 0.613. The van der Waals surface area contributed by atoms with Crippen LogP contribution in [0.25, 0.3) is 0 Å². The molecule has 3 heterocycles. The smallest absolute Gasteiger partial charge is 0.125 e. The maximum atomic E-state index is 14.0. The number of aliphatic hydroxyl groups is 1. The molecule has 1 saturated heterocycles. The minimum absolute atomic E-state index is 0.00733. The van der Waals surface area contributed by atoms with Crippen molar-refractivity contribution in [2.24, 2.45) is 4.99 Å². The zero-order valence-corrected chi connectivity index (χ0v) is 14.2. The standard InChI is InChI=1S/C17H22FN3O2S/c18-11-5-10-6-15(17-20-13(8-22)9-24-17)21-16(10)14(7-11)19-12-1-3-23-4-2-12/h5,7,12-13,15,19,21-22H,1-4,6,8-9H2/t13-,15?/m1/s1. The lowest BCUT2D eigenvalue weighted by Gasteiger charge is -2.25. The Labute approximate surface area is 145 Å². The van der Waals surface area contributed by atoms with E-state index < -0.39 is 0 Å². The monoisotopic (exact) mass is 351 g/mol. The van der Waals surface area contributed by atoms with Crippen LogP contribution in [0.1, 0.15) is 18.4 Å². The minimum Gasteiger partial charge on any atom is -0.394 e. The number of aliphatic imine (C=N–C) groups is 1. The van der Waals surface area contributed by atoms with Gasteiger partial charge in [-0.2, -0.15) is 0 Å². The first-order valence-corrected chi connectivity index (χ1v) is 9.46. The fourth-order valence-electron chi connectivity index (χ4n) is 3.48. The number of benzene rings is 1. The molecular formula is C17H22FN3O2S. The Morgan fingerprint density at radius 2 is 2.21 bits per heavy atom. The van der Waals surface area contributed by atoms with Gasteiger partial charge < -0.3 is 20.5 Å². The number of nitrogens with zero attached hydrogens (tertiary/aromatic N) is 1. The molecule has 3 aliphatic heterocycles. The zero-order chi connectivity index (χ0) is 16.5. The lowest BCUT2D eigenvalue weighted by Crippen LogP contribution is -2.28. The van der Waals surface area contributed by atoms with E-state index >= 15 is 0 Å². The number of aliphatic hydroxyl groups excluding tert-OH is 1. The molecule has 3 aliphatic rings. The lowest BCUT2D eigenvalue weighted by atomic mass is 10.1. The van der Waals surface area contributed by atoms with E-state index in [0.29, 0.717) is 6.04 Å². The number of thioether (sulfide) groups is 1. The maximum absolute atomic E-state index is 14.0. The van der Waals surface area contributed by atoms with Crippen LogP contribution in [0.3, 0.4) is 0 Å². The van der Waals surface area contributed by atoms with Gasteiger partial charge in [-0.25, -0.2) is 4.39 Å². The number of nitrogens with one attached hydrogen (secondary N) is 2. The molecule has 0 spiro atoms. The topological polar surface area (TPSA) is 65.9 Å². The molecule has 0 radical (unpaired) electrons. The van der Waals surface area contributed by atoms with Crippen molar-refractivity contribution in [1.29, 1.82) is 0 Å². The van der Waals surface area contributed by atoms with E-state index in [1.165, 1.54) is 0 Å². The number of fused-ring (bicyclic) bond motifs is 1. The highest BCUT2D eigenvalue weighted by Gasteiger charge is 2.31. The van der Waals surface area contributed by atoms with Gasteiger partial charge in [0.25, 0.3) is 0 Å². The van der Waals surface area contributed by atoms with Gasteiger partial charge in [-0.3, -0.25) is 4.99 Å². The van der Waals surface area contributed by atoms with Crippen LogP contribution in [0.2, 0.25) is 0 Å². The number of anilines is 2. The van der Waals surface area contributed by atoms with Gasteiger partial charge in [-0.05, 0) is 30.5 Å². The van der Waals surface area contributed by atoms with Crippen molar-refractivity contribution in [2.45, 2.75) is 37.4 Å². The summed E-state index contributed by atoms with van der Waals surface area (Å²) in [6.45, 7) is 1.59. The Hall–Kier alpha value is -1.31. The van der Waals surface area contributed by atoms with E-state index in [0.717, 1.165) is 60.2 Å². The Morgan fingerprint density at radius 1 is 1.38 bits per heavy atom. The molecule has 1 fully saturated rings. The Morgan fingerprint density at radius 3 is 2.96 bits per heavy atom. The van der Waals surface area contributed by atoms with Crippen LogP contribution in [0.15, 0.2) is 17.1 Å². The molecule has 1 aromatic carbocycles. The first kappa shape index (κ1) is 16.2. The summed E-state index contributed by atoms with van der Waals surface area (Å²) in [5.41, 5.74) is 2.82. The number of rotatable bonds is 4. The molecule has 0 saturated carbocycles. The highest BCUT2D eigenvalue weighted by atomic mass is 32.2. The van der Waals surface area contributed by atoms with Crippen molar-refractivity contribution in [1.82, 2.24) is 0 Å². The van der Waals surface area contributed by atoms with Gasteiger partial charge in [0.1, 0.15) is 5.82 Å². The van der Waals surface area contributed by atoms with E-state index in [9.17, 15) is 9.50 Å². The Balaban J connectivity index is 1.53. The van der Waals surface area contributed by atoms with Crippen molar-refractivity contribution in [3.8, 4) is 0 Å². The normalized spacial score (nSPS) is 26.8. The first-order chi connectivity index (χ1) is 11.7. The third-order valence-electron chi connectivity index (χ3n) is 4.75. The molecule has 0 aromatic heterocycles. The van der Waals surface area contributed by atoms with Crippen molar-refractivity contribution in [3.05, 3.63) is 23.5 Å². The summed E-state index contributed by atoms with van der Waals surface area (Å²) in [7, 11) is 0. The molecule has 3 N–H and O–H groups in total. The number of halogens is 1. The van der Waals surface area contributed by atoms with Crippen molar-refractivity contribution >= 4 is 28.2 Å². The van der Waals surface area contributed by atoms with E-state index in [1.807, 2.05) is 0 Å². The summed E-state index contributed by atoms with van der Waals surface area (Å²) in [6, 6.07) is 3.58. The van der Waals surface area contributed by atoms with Crippen molar-refractivity contribution in [3.63, 3.8) is 0 Å². The molecule has 0 aliphatic carbocycles. The molecule has 24 heavy (non-hydrogen) atoms. The summed E-state index contributed by atoms with van der Waals surface area (Å²) < 4.78 is 19.4. The van der Waals surface area contributed by atoms with Crippen LogP contribution in [0.5, 0.6) is 0 Å². The fraction of sp³-hybridized carbons (Fsp3) is 0.588. The van der Waals surface area contributed by atoms with Crippen LogP contribution >= 0.6 is 11.8 Å². The van der Waals surface area contributed by atoms with Crippen LogP contribution in [0, 0.1) is 5.82 Å². The van der Waals surface area contributed by atoms with E-state index in [1.54, 1.807) is 23.9 Å². The highest BCUT2D eigenvalue weighted by Crippen LogP contribution is 2.38. The van der Waals surface area contributed by atoms with Crippen LogP contribution < -0.4 is 10.6 Å². The molecule has 4 rings (SSSR count). The van der Waals surface area contributed by atoms with Gasteiger partial charge in [0.05, 0.1) is 35.1 Å². The second-order valence-corrected chi connectivity index (χ2v) is 7.57. The molecule has 130 valence electrons. The quantitative estimate of drug-likeness (QED) is 0.777. The maximum Gasteiger partial charge on any atom is 0.125 e. The van der Waals surface area contributed by atoms with Gasteiger partial charge in [-0.15, -0.1) is 11.8 Å². The SMILES string of the molecule is OC[C@@H]1CSC(C2Cc3cc(F)cc(NC4CCOCC4)c3N2)=N1.